The Hall–Kier alpha value is -1.19. The average molecular weight is 122 g/mol. The normalized spacial score (nSPS) is 15.6. The van der Waals surface area contributed by atoms with Gasteiger partial charge in [0.25, 0.3) is 0 Å². The molecule has 0 spiro atoms. The van der Waals surface area contributed by atoms with E-state index in [1.165, 1.54) is 0 Å². The predicted octanol–water partition coefficient (Wildman–Crippen LogP) is -0.289. The van der Waals surface area contributed by atoms with Gasteiger partial charge in [0.2, 0.25) is 0 Å². The van der Waals surface area contributed by atoms with Gasteiger partial charge in [-0.05, 0) is 0 Å². The monoisotopic (exact) mass is 122 g/mol. The molecule has 0 fully saturated rings. The number of aromatic nitrogens is 3. The van der Waals surface area contributed by atoms with Crippen LogP contribution in [0.15, 0.2) is 11.2 Å². The summed E-state index contributed by atoms with van der Waals surface area (Å²) in [6, 6.07) is 0. The number of fused-ring (bicyclic) bond motifs is 1. The van der Waals surface area contributed by atoms with Crippen LogP contribution in [-0.2, 0) is 6.42 Å². The molecule has 0 unspecified atom stereocenters. The lowest BCUT2D eigenvalue weighted by Crippen LogP contribution is -2.10. The van der Waals surface area contributed by atoms with E-state index in [0.717, 1.165) is 18.7 Å². The zero-order valence-electron chi connectivity index (χ0n) is 4.86. The number of aliphatic imine (C=N–C) groups is 1. The zero-order chi connectivity index (χ0) is 6.10. The zero-order valence-corrected chi connectivity index (χ0v) is 4.86. The van der Waals surface area contributed by atoms with Crippen LogP contribution >= 0.6 is 0 Å². The number of rotatable bonds is 0. The summed E-state index contributed by atoms with van der Waals surface area (Å²) in [6.07, 6.45) is 4.43. The maximum atomic E-state index is 4.03. The minimum Gasteiger partial charge on any atom is -0.273 e. The fourth-order valence-electron chi connectivity index (χ4n) is 0.855. The molecular formula is C5H6N4. The lowest BCUT2D eigenvalue weighted by molar-refractivity contribution is 0.770. The molecule has 0 aromatic carbocycles. The van der Waals surface area contributed by atoms with Gasteiger partial charge in [-0.2, -0.15) is 0 Å². The Balaban J connectivity index is 2.53. The van der Waals surface area contributed by atoms with Crippen LogP contribution in [0.1, 0.15) is 5.69 Å². The van der Waals surface area contributed by atoms with Gasteiger partial charge in [-0.1, -0.05) is 5.21 Å². The van der Waals surface area contributed by atoms with Gasteiger partial charge in [-0.3, -0.25) is 4.99 Å². The number of hydrogen-bond donors (Lipinski definition) is 0. The Bertz CT molecular complexity index is 237. The maximum Gasteiger partial charge on any atom is 0.113 e. The van der Waals surface area contributed by atoms with Crippen molar-refractivity contribution in [3.63, 3.8) is 0 Å². The molecule has 0 atom stereocenters. The molecule has 2 rings (SSSR count). The molecule has 9 heavy (non-hydrogen) atoms. The summed E-state index contributed by atoms with van der Waals surface area (Å²) in [6.45, 7) is 0.868. The highest BCUT2D eigenvalue weighted by molar-refractivity contribution is 5.58. The van der Waals surface area contributed by atoms with E-state index in [9.17, 15) is 0 Å². The van der Waals surface area contributed by atoms with E-state index in [-0.39, 0.29) is 0 Å². The third-order valence-corrected chi connectivity index (χ3v) is 1.34. The van der Waals surface area contributed by atoms with E-state index in [4.69, 9.17) is 0 Å². The number of hydrogen-bond acceptors (Lipinski definition) is 3. The highest BCUT2D eigenvalue weighted by Crippen LogP contribution is 1.98. The summed E-state index contributed by atoms with van der Waals surface area (Å²) in [7, 11) is 0. The van der Waals surface area contributed by atoms with Gasteiger partial charge in [-0.25, -0.2) is 4.68 Å². The van der Waals surface area contributed by atoms with Crippen molar-refractivity contribution in [2.24, 2.45) is 4.99 Å². The van der Waals surface area contributed by atoms with Crippen LogP contribution in [0.5, 0.6) is 0 Å². The van der Waals surface area contributed by atoms with Gasteiger partial charge >= 0.3 is 0 Å². The summed E-state index contributed by atoms with van der Waals surface area (Å²) in [5, 5.41) is 7.50. The highest BCUT2D eigenvalue weighted by atomic mass is 15.4. The average Bonchev–Trinajstić information content (AvgIpc) is 2.33. The fraction of sp³-hybridized carbons (Fsp3) is 0.400. The van der Waals surface area contributed by atoms with E-state index < -0.39 is 0 Å². The van der Waals surface area contributed by atoms with Crippen LogP contribution in [0.4, 0.5) is 0 Å². The van der Waals surface area contributed by atoms with E-state index in [1.54, 1.807) is 17.2 Å². The molecular weight excluding hydrogens is 116 g/mol. The molecule has 1 aliphatic heterocycles. The molecule has 0 saturated carbocycles. The van der Waals surface area contributed by atoms with Gasteiger partial charge in [0, 0.05) is 13.0 Å². The molecule has 0 bridgehead atoms. The van der Waals surface area contributed by atoms with Crippen LogP contribution in [0.2, 0.25) is 0 Å². The van der Waals surface area contributed by atoms with E-state index in [0.29, 0.717) is 0 Å². The summed E-state index contributed by atoms with van der Waals surface area (Å²) < 4.78 is 1.70. The molecule has 0 aliphatic carbocycles. The predicted molar refractivity (Wildman–Crippen MR) is 32.5 cm³/mol. The van der Waals surface area contributed by atoms with Crippen molar-refractivity contribution in [1.29, 1.82) is 0 Å². The fourth-order valence-corrected chi connectivity index (χ4v) is 0.855. The molecule has 4 heteroatoms. The van der Waals surface area contributed by atoms with Crippen molar-refractivity contribution in [1.82, 2.24) is 15.0 Å². The van der Waals surface area contributed by atoms with Crippen LogP contribution in [0.25, 0.3) is 0 Å². The van der Waals surface area contributed by atoms with E-state index >= 15 is 0 Å². The van der Waals surface area contributed by atoms with Gasteiger partial charge in [0.05, 0.1) is 11.9 Å². The van der Waals surface area contributed by atoms with Crippen LogP contribution in [-0.4, -0.2) is 27.9 Å². The molecule has 1 aliphatic rings. The van der Waals surface area contributed by atoms with Gasteiger partial charge in [-0.15, -0.1) is 5.10 Å². The highest BCUT2D eigenvalue weighted by Gasteiger charge is 2.03. The Kier molecular flexibility index (Phi) is 0.855. The van der Waals surface area contributed by atoms with E-state index in [2.05, 4.69) is 15.3 Å². The molecule has 0 radical (unpaired) electrons. The van der Waals surface area contributed by atoms with Gasteiger partial charge < -0.3 is 0 Å². The second kappa shape index (κ2) is 1.65. The summed E-state index contributed by atoms with van der Waals surface area (Å²) in [5.74, 6) is 0. The van der Waals surface area contributed by atoms with Crippen molar-refractivity contribution in [2.45, 2.75) is 6.42 Å². The standard InChI is InChI=1S/C5H6N4/c1-2-6-4-9-5(1)3-7-8-9/h3-4H,1-2H2. The quantitative estimate of drug-likeness (QED) is 0.474. The molecule has 46 valence electrons. The molecule has 0 N–H and O–H groups in total. The second-order valence-electron chi connectivity index (χ2n) is 1.94. The van der Waals surface area contributed by atoms with Crippen LogP contribution < -0.4 is 0 Å². The minimum absolute atomic E-state index is 0.868. The SMILES string of the molecule is C1=NCCc2cnnn21. The first-order valence-electron chi connectivity index (χ1n) is 2.86. The first-order valence-corrected chi connectivity index (χ1v) is 2.86. The third-order valence-electron chi connectivity index (χ3n) is 1.34. The molecule has 0 saturated heterocycles. The molecule has 4 nitrogen and oxygen atoms in total. The third kappa shape index (κ3) is 0.630. The Morgan fingerprint density at radius 2 is 2.56 bits per heavy atom. The smallest absolute Gasteiger partial charge is 0.113 e. The van der Waals surface area contributed by atoms with Crippen molar-refractivity contribution >= 4 is 6.34 Å². The Morgan fingerprint density at radius 1 is 1.56 bits per heavy atom. The van der Waals surface area contributed by atoms with E-state index in [1.807, 2.05) is 0 Å². The van der Waals surface area contributed by atoms with Gasteiger partial charge in [0.15, 0.2) is 0 Å². The van der Waals surface area contributed by atoms with Crippen LogP contribution in [0.3, 0.4) is 0 Å². The lowest BCUT2D eigenvalue weighted by Gasteiger charge is -2.02. The minimum atomic E-state index is 0.868. The van der Waals surface area contributed by atoms with Crippen molar-refractivity contribution < 1.29 is 0 Å². The van der Waals surface area contributed by atoms with Crippen molar-refractivity contribution in [3.05, 3.63) is 11.9 Å². The first-order chi connectivity index (χ1) is 4.47. The van der Waals surface area contributed by atoms with Crippen molar-refractivity contribution in [2.75, 3.05) is 6.54 Å². The Labute approximate surface area is 52.2 Å². The summed E-state index contributed by atoms with van der Waals surface area (Å²) in [4.78, 5) is 4.03. The second-order valence-corrected chi connectivity index (χ2v) is 1.94. The van der Waals surface area contributed by atoms with Crippen LogP contribution in [0, 0.1) is 0 Å². The van der Waals surface area contributed by atoms with Crippen molar-refractivity contribution in [3.8, 4) is 0 Å². The molecule has 1 aromatic heterocycles. The lowest BCUT2D eigenvalue weighted by atomic mass is 10.3. The summed E-state index contributed by atoms with van der Waals surface area (Å²) in [5.41, 5.74) is 1.14. The first kappa shape index (κ1) is 4.67. The molecule has 2 heterocycles. The largest absolute Gasteiger partial charge is 0.273 e. The maximum absolute atomic E-state index is 4.03. The number of nitrogens with zero attached hydrogens (tertiary/aromatic N) is 4. The Morgan fingerprint density at radius 3 is 3.44 bits per heavy atom. The topological polar surface area (TPSA) is 43.1 Å². The summed E-state index contributed by atoms with van der Waals surface area (Å²) >= 11 is 0. The molecule has 0 amide bonds. The molecule has 1 aromatic rings. The van der Waals surface area contributed by atoms with Gasteiger partial charge in [0.1, 0.15) is 6.34 Å².